The summed E-state index contributed by atoms with van der Waals surface area (Å²) in [6, 6.07) is 2.37. The SMILES string of the molecule is CC(C)n1ncc2cc(Br)cnc21. The molecule has 0 aliphatic rings. The zero-order valence-corrected chi connectivity index (χ0v) is 9.12. The van der Waals surface area contributed by atoms with Gasteiger partial charge < -0.3 is 0 Å². The van der Waals surface area contributed by atoms with E-state index in [1.54, 1.807) is 6.20 Å². The van der Waals surface area contributed by atoms with E-state index in [4.69, 9.17) is 0 Å². The summed E-state index contributed by atoms with van der Waals surface area (Å²) in [6.45, 7) is 4.19. The van der Waals surface area contributed by atoms with Gasteiger partial charge in [0.1, 0.15) is 0 Å². The summed E-state index contributed by atoms with van der Waals surface area (Å²) >= 11 is 3.38. The lowest BCUT2D eigenvalue weighted by atomic mass is 10.3. The molecular weight excluding hydrogens is 230 g/mol. The fourth-order valence-electron chi connectivity index (χ4n) is 1.29. The van der Waals surface area contributed by atoms with E-state index >= 15 is 0 Å². The van der Waals surface area contributed by atoms with Gasteiger partial charge in [-0.1, -0.05) is 0 Å². The zero-order chi connectivity index (χ0) is 9.42. The highest BCUT2D eigenvalue weighted by atomic mass is 79.9. The maximum atomic E-state index is 4.32. The van der Waals surface area contributed by atoms with Gasteiger partial charge in [-0.25, -0.2) is 9.67 Å². The molecule has 0 atom stereocenters. The van der Waals surface area contributed by atoms with Gasteiger partial charge in [-0.05, 0) is 35.8 Å². The van der Waals surface area contributed by atoms with Crippen LogP contribution in [0.25, 0.3) is 11.0 Å². The van der Waals surface area contributed by atoms with Gasteiger partial charge in [0.2, 0.25) is 0 Å². The highest BCUT2D eigenvalue weighted by Crippen LogP contribution is 2.18. The molecule has 4 heteroatoms. The third-order valence-corrected chi connectivity index (χ3v) is 2.32. The third-order valence-electron chi connectivity index (χ3n) is 1.89. The second-order valence-electron chi connectivity index (χ2n) is 3.25. The molecule has 0 aliphatic carbocycles. The van der Waals surface area contributed by atoms with E-state index in [9.17, 15) is 0 Å². The van der Waals surface area contributed by atoms with E-state index in [1.807, 2.05) is 16.9 Å². The van der Waals surface area contributed by atoms with Crippen LogP contribution in [-0.2, 0) is 0 Å². The minimum absolute atomic E-state index is 0.353. The summed E-state index contributed by atoms with van der Waals surface area (Å²) in [5, 5.41) is 5.34. The van der Waals surface area contributed by atoms with Crippen LogP contribution in [0.15, 0.2) is 22.9 Å². The van der Waals surface area contributed by atoms with Crippen LogP contribution in [0.5, 0.6) is 0 Å². The fraction of sp³-hybridized carbons (Fsp3) is 0.333. The minimum atomic E-state index is 0.353. The smallest absolute Gasteiger partial charge is 0.158 e. The van der Waals surface area contributed by atoms with Crippen LogP contribution < -0.4 is 0 Å². The number of aromatic nitrogens is 3. The average Bonchev–Trinajstić information content (AvgIpc) is 2.46. The van der Waals surface area contributed by atoms with Crippen LogP contribution in [-0.4, -0.2) is 14.8 Å². The fourth-order valence-corrected chi connectivity index (χ4v) is 1.64. The average molecular weight is 240 g/mol. The Kier molecular flexibility index (Phi) is 2.07. The van der Waals surface area contributed by atoms with Crippen molar-refractivity contribution in [2.75, 3.05) is 0 Å². The summed E-state index contributed by atoms with van der Waals surface area (Å²) in [6.07, 6.45) is 3.63. The molecule has 0 bridgehead atoms. The van der Waals surface area contributed by atoms with Crippen LogP contribution in [0.1, 0.15) is 19.9 Å². The van der Waals surface area contributed by atoms with E-state index in [2.05, 4.69) is 39.9 Å². The second kappa shape index (κ2) is 3.10. The molecule has 0 unspecified atom stereocenters. The first kappa shape index (κ1) is 8.69. The van der Waals surface area contributed by atoms with Crippen molar-refractivity contribution in [2.45, 2.75) is 19.9 Å². The molecule has 2 rings (SSSR count). The van der Waals surface area contributed by atoms with Gasteiger partial charge in [-0.3, -0.25) is 0 Å². The molecule has 0 fully saturated rings. The van der Waals surface area contributed by atoms with Crippen LogP contribution in [0.4, 0.5) is 0 Å². The first-order valence-electron chi connectivity index (χ1n) is 4.17. The summed E-state index contributed by atoms with van der Waals surface area (Å²) in [4.78, 5) is 4.32. The number of hydrogen-bond donors (Lipinski definition) is 0. The van der Waals surface area contributed by atoms with Crippen molar-refractivity contribution in [3.8, 4) is 0 Å². The molecule has 0 saturated carbocycles. The van der Waals surface area contributed by atoms with Crippen LogP contribution in [0.2, 0.25) is 0 Å². The lowest BCUT2D eigenvalue weighted by molar-refractivity contribution is 0.546. The Balaban J connectivity index is 2.69. The van der Waals surface area contributed by atoms with Crippen LogP contribution in [0, 0.1) is 0 Å². The molecule has 0 saturated heterocycles. The quantitative estimate of drug-likeness (QED) is 0.767. The lowest BCUT2D eigenvalue weighted by Crippen LogP contribution is -2.02. The Morgan fingerprint density at radius 3 is 2.85 bits per heavy atom. The van der Waals surface area contributed by atoms with Gasteiger partial charge in [0, 0.05) is 22.1 Å². The molecule has 68 valence electrons. The Morgan fingerprint density at radius 1 is 1.38 bits per heavy atom. The Hall–Kier alpha value is -0.900. The molecule has 2 aromatic heterocycles. The Morgan fingerprint density at radius 2 is 2.15 bits per heavy atom. The molecule has 13 heavy (non-hydrogen) atoms. The van der Waals surface area contributed by atoms with Gasteiger partial charge in [-0.2, -0.15) is 5.10 Å². The monoisotopic (exact) mass is 239 g/mol. The maximum Gasteiger partial charge on any atom is 0.158 e. The van der Waals surface area contributed by atoms with Crippen molar-refractivity contribution in [3.05, 3.63) is 22.9 Å². The standard InChI is InChI=1S/C9H10BrN3/c1-6(2)13-9-7(4-12-13)3-8(10)5-11-9/h3-6H,1-2H3. The number of halogens is 1. The summed E-state index contributed by atoms with van der Waals surface area (Å²) in [5.74, 6) is 0. The largest absolute Gasteiger partial charge is 0.245 e. The third kappa shape index (κ3) is 1.46. The van der Waals surface area contributed by atoms with Crippen molar-refractivity contribution in [1.82, 2.24) is 14.8 Å². The first-order chi connectivity index (χ1) is 6.18. The molecule has 0 radical (unpaired) electrons. The number of rotatable bonds is 1. The number of nitrogens with zero attached hydrogens (tertiary/aromatic N) is 3. The highest BCUT2D eigenvalue weighted by molar-refractivity contribution is 9.10. The predicted octanol–water partition coefficient (Wildman–Crippen LogP) is 2.77. The lowest BCUT2D eigenvalue weighted by Gasteiger charge is -2.05. The van der Waals surface area contributed by atoms with E-state index in [1.165, 1.54) is 0 Å². The number of fused-ring (bicyclic) bond motifs is 1. The molecule has 0 amide bonds. The van der Waals surface area contributed by atoms with E-state index in [0.717, 1.165) is 15.5 Å². The van der Waals surface area contributed by atoms with E-state index in [0.29, 0.717) is 6.04 Å². The van der Waals surface area contributed by atoms with Crippen LogP contribution in [0.3, 0.4) is 0 Å². The molecule has 3 nitrogen and oxygen atoms in total. The van der Waals surface area contributed by atoms with Gasteiger partial charge >= 0.3 is 0 Å². The summed E-state index contributed by atoms with van der Waals surface area (Å²) in [7, 11) is 0. The number of pyridine rings is 1. The van der Waals surface area contributed by atoms with Crippen molar-refractivity contribution >= 4 is 27.0 Å². The molecule has 0 aromatic carbocycles. The first-order valence-corrected chi connectivity index (χ1v) is 4.96. The van der Waals surface area contributed by atoms with Crippen molar-refractivity contribution in [1.29, 1.82) is 0 Å². The molecule has 2 heterocycles. The van der Waals surface area contributed by atoms with Gasteiger partial charge in [-0.15, -0.1) is 0 Å². The molecule has 0 aliphatic heterocycles. The number of hydrogen-bond acceptors (Lipinski definition) is 2. The van der Waals surface area contributed by atoms with E-state index in [-0.39, 0.29) is 0 Å². The van der Waals surface area contributed by atoms with Crippen LogP contribution >= 0.6 is 15.9 Å². The highest BCUT2D eigenvalue weighted by Gasteiger charge is 2.06. The summed E-state index contributed by atoms with van der Waals surface area (Å²) < 4.78 is 2.91. The molecule has 0 N–H and O–H groups in total. The van der Waals surface area contributed by atoms with Gasteiger partial charge in [0.15, 0.2) is 5.65 Å². The normalized spacial score (nSPS) is 11.4. The Labute approximate surface area is 84.9 Å². The van der Waals surface area contributed by atoms with Crippen molar-refractivity contribution in [3.63, 3.8) is 0 Å². The Bertz CT molecular complexity index is 433. The molecule has 2 aromatic rings. The molecular formula is C9H10BrN3. The topological polar surface area (TPSA) is 30.7 Å². The maximum absolute atomic E-state index is 4.32. The van der Waals surface area contributed by atoms with Crippen molar-refractivity contribution in [2.24, 2.45) is 0 Å². The summed E-state index contributed by atoms with van der Waals surface area (Å²) in [5.41, 5.74) is 0.943. The van der Waals surface area contributed by atoms with Gasteiger partial charge in [0.05, 0.1) is 6.20 Å². The van der Waals surface area contributed by atoms with Crippen molar-refractivity contribution < 1.29 is 0 Å². The van der Waals surface area contributed by atoms with E-state index < -0.39 is 0 Å². The molecule has 0 spiro atoms. The minimum Gasteiger partial charge on any atom is -0.245 e. The predicted molar refractivity (Wildman–Crippen MR) is 55.6 cm³/mol. The second-order valence-corrected chi connectivity index (χ2v) is 4.16. The van der Waals surface area contributed by atoms with Gasteiger partial charge in [0.25, 0.3) is 0 Å². The zero-order valence-electron chi connectivity index (χ0n) is 7.53.